The summed E-state index contributed by atoms with van der Waals surface area (Å²) >= 11 is 0. The van der Waals surface area contributed by atoms with E-state index in [2.05, 4.69) is 15.5 Å². The molecule has 0 aliphatic rings. The number of hydrogen-bond acceptors (Lipinski definition) is 3. The van der Waals surface area contributed by atoms with Gasteiger partial charge in [0.05, 0.1) is 0 Å². The fourth-order valence-corrected chi connectivity index (χ4v) is 0.189. The fourth-order valence-electron chi connectivity index (χ4n) is 0.189. The van der Waals surface area contributed by atoms with Crippen molar-refractivity contribution in [2.75, 3.05) is 0 Å². The standard InChI is InChI=1S/C2H4N4/c1-2-3-5-6-4-2/h1H3,(H,3,4,5,6)/i/hT. The lowest BCUT2D eigenvalue weighted by atomic mass is 10.8. The third-order valence-electron chi connectivity index (χ3n) is 0.419. The van der Waals surface area contributed by atoms with Crippen molar-refractivity contribution in [2.45, 2.75) is 6.92 Å². The van der Waals surface area contributed by atoms with Gasteiger partial charge in [-0.05, 0) is 17.4 Å². The van der Waals surface area contributed by atoms with Gasteiger partial charge in [0.1, 0.15) is 5.82 Å². The van der Waals surface area contributed by atoms with Crippen molar-refractivity contribution in [1.82, 2.24) is 20.6 Å². The van der Waals surface area contributed by atoms with Gasteiger partial charge in [0.25, 0.3) is 0 Å². The third-order valence-corrected chi connectivity index (χ3v) is 0.419. The second kappa shape index (κ2) is 1.04. The lowest BCUT2D eigenvalue weighted by Crippen LogP contribution is -1.69. The summed E-state index contributed by atoms with van der Waals surface area (Å²) in [5.74, 6) is 0.500. The van der Waals surface area contributed by atoms with E-state index in [-0.39, 0.29) is 0 Å². The zero-order chi connectivity index (χ0) is 5.28. The number of nitrogens with zero attached hydrogens (tertiary/aromatic N) is 3. The lowest BCUT2D eigenvalue weighted by molar-refractivity contribution is 0.881. The highest BCUT2D eigenvalue weighted by Gasteiger charge is 1.77. The maximum absolute atomic E-state index is 6.78. The number of rotatable bonds is 0. The van der Waals surface area contributed by atoms with Crippen LogP contribution in [0.25, 0.3) is 0 Å². The first-order chi connectivity index (χ1) is 3.30. The van der Waals surface area contributed by atoms with Crippen molar-refractivity contribution in [1.29, 1.82) is 0 Å². The highest BCUT2D eigenvalue weighted by atomic mass is 15.5. The average Bonchev–Trinajstić information content (AvgIpc) is 1.91. The largest absolute Gasteiger partial charge is 0.243 e. The van der Waals surface area contributed by atoms with Gasteiger partial charge in [0.15, 0.2) is 1.41 Å². The van der Waals surface area contributed by atoms with Crippen LogP contribution in [0, 0.1) is 6.92 Å². The first-order valence-corrected chi connectivity index (χ1v) is 1.55. The van der Waals surface area contributed by atoms with Crippen LogP contribution in [-0.4, -0.2) is 20.6 Å². The van der Waals surface area contributed by atoms with E-state index in [1.807, 2.05) is 0 Å². The Kier molecular flexibility index (Phi) is 0.396. The Morgan fingerprint density at radius 1 is 2.00 bits per heavy atom. The molecule has 4 heteroatoms. The predicted molar refractivity (Wildman–Crippen MR) is 18.9 cm³/mol. The molecular weight excluding hydrogens is 80.0 g/mol. The normalized spacial score (nSPS) is 11.2. The molecule has 4 nitrogen and oxygen atoms in total. The van der Waals surface area contributed by atoms with E-state index >= 15 is 0 Å². The smallest absolute Gasteiger partial charge is 0.193 e. The molecule has 0 fully saturated rings. The highest BCUT2D eigenvalue weighted by Crippen LogP contribution is 1.69. The van der Waals surface area contributed by atoms with Crippen molar-refractivity contribution in [2.24, 2.45) is 0 Å². The first-order valence-electron chi connectivity index (χ1n) is 1.99. The van der Waals surface area contributed by atoms with Gasteiger partial charge in [-0.25, -0.2) is 5.09 Å². The zero-order valence-corrected chi connectivity index (χ0v) is 3.29. The molecule has 1 aromatic heterocycles. The Morgan fingerprint density at radius 2 is 2.83 bits per heavy atom. The van der Waals surface area contributed by atoms with Gasteiger partial charge in [-0.15, -0.1) is 5.10 Å². The van der Waals surface area contributed by atoms with Crippen LogP contribution in [0.5, 0.6) is 0 Å². The molecule has 6 heavy (non-hydrogen) atoms. The van der Waals surface area contributed by atoms with Gasteiger partial charge < -0.3 is 0 Å². The van der Waals surface area contributed by atoms with Crippen LogP contribution in [0.3, 0.4) is 0 Å². The van der Waals surface area contributed by atoms with Gasteiger partial charge in [0.2, 0.25) is 0 Å². The molecule has 0 aliphatic heterocycles. The molecule has 0 aromatic carbocycles. The summed E-state index contributed by atoms with van der Waals surface area (Å²) in [6.07, 6.45) is 0. The molecule has 32 valence electrons. The SMILES string of the molecule is [3H]n1nnnc1C. The molecule has 1 N–H and O–H groups in total. The highest BCUT2D eigenvalue weighted by molar-refractivity contribution is 4.63. The second-order valence-corrected chi connectivity index (χ2v) is 0.926. The lowest BCUT2D eigenvalue weighted by Gasteiger charge is -1.62. The summed E-state index contributed by atoms with van der Waals surface area (Å²) < 4.78 is 6.78. The zero-order valence-electron chi connectivity index (χ0n) is 4.29. The van der Waals surface area contributed by atoms with Gasteiger partial charge in [-0.2, -0.15) is 0 Å². The number of nitrogens with one attached hydrogen (secondary N) is 1. The van der Waals surface area contributed by atoms with E-state index in [4.69, 9.17) is 1.41 Å². The molecule has 0 aliphatic carbocycles. The van der Waals surface area contributed by atoms with E-state index in [1.165, 1.54) is 0 Å². The molecule has 0 bridgehead atoms. The van der Waals surface area contributed by atoms with Gasteiger partial charge in [0, 0.05) is 0 Å². The van der Waals surface area contributed by atoms with Crippen molar-refractivity contribution in [3.63, 3.8) is 0 Å². The van der Waals surface area contributed by atoms with Crippen LogP contribution in [-0.2, 0) is 0 Å². The van der Waals surface area contributed by atoms with E-state index in [1.54, 1.807) is 6.92 Å². The fraction of sp³-hybridized carbons (Fsp3) is 0.500. The molecule has 0 amide bonds. The number of hydrogen-bond donors (Lipinski definition) is 1. The Bertz CT molecular complexity index is 142. The summed E-state index contributed by atoms with van der Waals surface area (Å²) in [6.45, 7) is 1.66. The quantitative estimate of drug-likeness (QED) is 0.463. The van der Waals surface area contributed by atoms with Crippen molar-refractivity contribution < 1.29 is 1.41 Å². The molecule has 0 spiro atoms. The molecule has 0 atom stereocenters. The summed E-state index contributed by atoms with van der Waals surface area (Å²) in [5.41, 5.74) is 0. The molecule has 1 rings (SSSR count). The van der Waals surface area contributed by atoms with Crippen LogP contribution in [0.2, 0.25) is 1.41 Å². The van der Waals surface area contributed by atoms with Crippen LogP contribution >= 0.6 is 0 Å². The van der Waals surface area contributed by atoms with E-state index in [0.29, 0.717) is 5.82 Å². The first kappa shape index (κ1) is 2.28. The van der Waals surface area contributed by atoms with Crippen LogP contribution in [0.15, 0.2) is 0 Å². The summed E-state index contributed by atoms with van der Waals surface area (Å²) in [5, 5.41) is 10.7. The van der Waals surface area contributed by atoms with Gasteiger partial charge >= 0.3 is 0 Å². The van der Waals surface area contributed by atoms with E-state index in [9.17, 15) is 0 Å². The third kappa shape index (κ3) is 0.357. The topological polar surface area (TPSA) is 54.5 Å². The monoisotopic (exact) mass is 86.1 g/mol. The molecule has 1 heterocycles. The van der Waals surface area contributed by atoms with Crippen molar-refractivity contribution in [3.05, 3.63) is 5.82 Å². The Hall–Kier alpha value is -0.930. The molecule has 0 radical (unpaired) electrons. The summed E-state index contributed by atoms with van der Waals surface area (Å²) in [7, 11) is 0. The Balaban J connectivity index is 3.12. The van der Waals surface area contributed by atoms with Gasteiger partial charge in [-0.3, -0.25) is 0 Å². The number of aromatic nitrogens is 4. The summed E-state index contributed by atoms with van der Waals surface area (Å²) in [6, 6.07) is 0. The maximum atomic E-state index is 6.78. The second-order valence-electron chi connectivity index (χ2n) is 0.926. The number of aryl methyl sites for hydroxylation is 1. The minimum atomic E-state index is 0.500. The van der Waals surface area contributed by atoms with Crippen LogP contribution in [0.1, 0.15) is 5.82 Å². The molecule has 0 saturated heterocycles. The molecule has 0 saturated carbocycles. The number of H-pyrrole nitrogens is 1. The van der Waals surface area contributed by atoms with E-state index < -0.39 is 0 Å². The van der Waals surface area contributed by atoms with Crippen LogP contribution in [0.4, 0.5) is 0 Å². The van der Waals surface area contributed by atoms with Crippen LogP contribution < -0.4 is 0 Å². The summed E-state index contributed by atoms with van der Waals surface area (Å²) in [4.78, 5) is 0. The minimum absolute atomic E-state index is 0.500. The molecule has 0 unspecified atom stereocenters. The molecule has 1 aromatic rings. The minimum Gasteiger partial charge on any atom is -0.243 e. The average molecular weight is 86.1 g/mol. The van der Waals surface area contributed by atoms with Gasteiger partial charge in [-0.1, -0.05) is 0 Å². The predicted octanol–water partition coefficient (Wildman–Crippen LogP) is -0.492. The Morgan fingerprint density at radius 3 is 3.00 bits per heavy atom. The van der Waals surface area contributed by atoms with E-state index in [0.717, 1.165) is 5.09 Å². The number of aromatic amines is 1. The van der Waals surface area contributed by atoms with Crippen molar-refractivity contribution >= 4 is 0 Å². The number of tetrazole rings is 1. The maximum Gasteiger partial charge on any atom is 0.193 e. The molecular formula is C2H4N4. The Labute approximate surface area is 36.0 Å². The van der Waals surface area contributed by atoms with Crippen molar-refractivity contribution in [3.8, 4) is 0 Å².